The minimum absolute atomic E-state index is 0.0174. The maximum atomic E-state index is 12.7. The molecule has 0 aliphatic heterocycles. The third kappa shape index (κ3) is 7.11. The summed E-state index contributed by atoms with van der Waals surface area (Å²) in [6.07, 6.45) is -10.2. The molecule has 196 valence electrons. The summed E-state index contributed by atoms with van der Waals surface area (Å²) >= 11 is 1.08. The van der Waals surface area contributed by atoms with Gasteiger partial charge in [0.1, 0.15) is 5.52 Å². The highest BCUT2D eigenvalue weighted by Crippen LogP contribution is 2.31. The van der Waals surface area contributed by atoms with E-state index < -0.39 is 51.5 Å². The van der Waals surface area contributed by atoms with Crippen LogP contribution < -0.4 is 5.32 Å². The van der Waals surface area contributed by atoms with E-state index in [1.165, 1.54) is 24.3 Å². The number of alkyl halides is 6. The molecule has 3 rings (SSSR count). The zero-order valence-electron chi connectivity index (χ0n) is 17.9. The van der Waals surface area contributed by atoms with E-state index in [1.807, 2.05) is 0 Å². The molecule has 0 spiro atoms. The van der Waals surface area contributed by atoms with Crippen molar-refractivity contribution in [1.29, 1.82) is 0 Å². The summed E-state index contributed by atoms with van der Waals surface area (Å²) in [5.41, 5.74) is 0.194. The number of hydrogen-bond acceptors (Lipinski definition) is 6. The van der Waals surface area contributed by atoms with E-state index in [0.717, 1.165) is 23.9 Å². The first-order chi connectivity index (χ1) is 16.7. The Kier molecular flexibility index (Phi) is 8.22. The van der Waals surface area contributed by atoms with Crippen molar-refractivity contribution in [3.63, 3.8) is 0 Å². The Labute approximate surface area is 204 Å². The lowest BCUT2D eigenvalue weighted by molar-refractivity contribution is -0.212. The van der Waals surface area contributed by atoms with E-state index in [-0.39, 0.29) is 28.7 Å². The van der Waals surface area contributed by atoms with E-state index in [2.05, 4.69) is 10.3 Å². The molecule has 1 aromatic heterocycles. The molecule has 8 nitrogen and oxygen atoms in total. The van der Waals surface area contributed by atoms with Gasteiger partial charge in [0.2, 0.25) is 0 Å². The molecule has 0 aliphatic carbocycles. The maximum Gasteiger partial charge on any atom is 0.475 e. The number of thioether (sulfide) groups is 1. The van der Waals surface area contributed by atoms with E-state index in [0.29, 0.717) is 11.1 Å². The number of amides is 1. The smallest absolute Gasteiger partial charge is 0.430 e. The molecule has 1 amide bonds. The third-order valence-electron chi connectivity index (χ3n) is 4.67. The molecular formula is C20H17F6N3O5S2. The molecule has 2 aromatic carbocycles. The average molecular weight is 557 g/mol. The molecule has 0 bridgehead atoms. The van der Waals surface area contributed by atoms with Crippen LogP contribution in [0.5, 0.6) is 0 Å². The average Bonchev–Trinajstić information content (AvgIpc) is 3.18. The van der Waals surface area contributed by atoms with Gasteiger partial charge in [0.25, 0.3) is 11.1 Å². The quantitative estimate of drug-likeness (QED) is 0.127. The minimum atomic E-state index is -5.52. The molecule has 0 fully saturated rings. The summed E-state index contributed by atoms with van der Waals surface area (Å²) in [7, 11) is -5.52. The van der Waals surface area contributed by atoms with Crippen LogP contribution in [0.25, 0.3) is 11.1 Å². The SMILES string of the molecule is O=C(NCCCN(C(F)(F)F)S(=O)(=O)O)c1cccc2nc(SCc3ccc(C(F)(F)F)cc3)oc12. The molecule has 0 aliphatic rings. The Hall–Kier alpha value is -2.82. The summed E-state index contributed by atoms with van der Waals surface area (Å²) in [5, 5.41) is 2.48. The Bertz CT molecular complexity index is 1320. The summed E-state index contributed by atoms with van der Waals surface area (Å²) in [6.45, 7) is -1.46. The topological polar surface area (TPSA) is 113 Å². The van der Waals surface area contributed by atoms with Crippen LogP contribution in [0.3, 0.4) is 0 Å². The van der Waals surface area contributed by atoms with Crippen LogP contribution >= 0.6 is 11.8 Å². The van der Waals surface area contributed by atoms with Crippen molar-refractivity contribution < 1.29 is 48.5 Å². The van der Waals surface area contributed by atoms with Gasteiger partial charge < -0.3 is 9.73 Å². The molecule has 36 heavy (non-hydrogen) atoms. The first kappa shape index (κ1) is 27.8. The molecule has 0 saturated carbocycles. The number of halogens is 6. The molecule has 0 unspecified atom stereocenters. The van der Waals surface area contributed by atoms with Gasteiger partial charge in [0.05, 0.1) is 11.1 Å². The monoisotopic (exact) mass is 557 g/mol. The van der Waals surface area contributed by atoms with Crippen LogP contribution in [0.4, 0.5) is 26.3 Å². The molecule has 0 radical (unpaired) electrons. The number of benzene rings is 2. The van der Waals surface area contributed by atoms with Crippen LogP contribution in [0.1, 0.15) is 27.9 Å². The number of aromatic nitrogens is 1. The van der Waals surface area contributed by atoms with Crippen molar-refractivity contribution >= 4 is 39.1 Å². The van der Waals surface area contributed by atoms with Crippen molar-refractivity contribution in [2.24, 2.45) is 0 Å². The second-order valence-electron chi connectivity index (χ2n) is 7.24. The predicted molar refractivity (Wildman–Crippen MR) is 116 cm³/mol. The zero-order chi connectivity index (χ0) is 26.7. The summed E-state index contributed by atoms with van der Waals surface area (Å²) in [6, 6.07) is 8.97. The van der Waals surface area contributed by atoms with Crippen molar-refractivity contribution in [1.82, 2.24) is 14.6 Å². The van der Waals surface area contributed by atoms with Crippen molar-refractivity contribution in [3.8, 4) is 0 Å². The number of oxazole rings is 1. The molecule has 2 N–H and O–H groups in total. The highest BCUT2D eigenvalue weighted by molar-refractivity contribution is 7.98. The number of nitrogens with zero attached hydrogens (tertiary/aromatic N) is 2. The standard InChI is InChI=1S/C20H17F6N3O5S2/c21-19(22,23)13-7-5-12(6-8-13)11-35-18-28-15-4-1-3-14(16(15)34-18)17(30)27-9-2-10-29(20(24,25)26)36(31,32)33/h1,3-8H,2,9-11H2,(H,27,30)(H,31,32,33). The van der Waals surface area contributed by atoms with Crippen LogP contribution in [0.2, 0.25) is 0 Å². The molecule has 0 atom stereocenters. The highest BCUT2D eigenvalue weighted by atomic mass is 32.2. The van der Waals surface area contributed by atoms with Gasteiger partial charge in [-0.05, 0) is 36.2 Å². The molecule has 16 heteroatoms. The van der Waals surface area contributed by atoms with Crippen molar-refractivity contribution in [3.05, 3.63) is 59.2 Å². The summed E-state index contributed by atoms with van der Waals surface area (Å²) in [4.78, 5) is 16.7. The van der Waals surface area contributed by atoms with Gasteiger partial charge in [0.15, 0.2) is 5.58 Å². The van der Waals surface area contributed by atoms with E-state index >= 15 is 0 Å². The second kappa shape index (κ2) is 10.7. The summed E-state index contributed by atoms with van der Waals surface area (Å²) < 4.78 is 111. The van der Waals surface area contributed by atoms with Gasteiger partial charge in [-0.3, -0.25) is 9.35 Å². The molecular weight excluding hydrogens is 540 g/mol. The van der Waals surface area contributed by atoms with Crippen molar-refractivity contribution in [2.45, 2.75) is 29.9 Å². The van der Waals surface area contributed by atoms with Gasteiger partial charge >= 0.3 is 22.8 Å². The number of rotatable bonds is 9. The fourth-order valence-corrected chi connectivity index (χ4v) is 4.41. The third-order valence-corrected chi connectivity index (χ3v) is 6.51. The number of carbonyl (C=O) groups is 1. The van der Waals surface area contributed by atoms with Crippen molar-refractivity contribution in [2.75, 3.05) is 13.1 Å². The number of carbonyl (C=O) groups excluding carboxylic acids is 1. The van der Waals surface area contributed by atoms with Gasteiger partial charge in [-0.25, -0.2) is 4.98 Å². The first-order valence-corrected chi connectivity index (χ1v) is 12.3. The Morgan fingerprint density at radius 2 is 1.75 bits per heavy atom. The van der Waals surface area contributed by atoms with Crippen LogP contribution in [0, 0.1) is 0 Å². The number of hydrogen-bond donors (Lipinski definition) is 2. The van der Waals surface area contributed by atoms with Crippen LogP contribution in [-0.2, 0) is 22.2 Å². The minimum Gasteiger partial charge on any atom is -0.430 e. The van der Waals surface area contributed by atoms with Gasteiger partial charge in [-0.15, -0.1) is 0 Å². The highest BCUT2D eigenvalue weighted by Gasteiger charge is 2.44. The Morgan fingerprint density at radius 1 is 1.08 bits per heavy atom. The molecule has 0 saturated heterocycles. The number of para-hydroxylation sites is 1. The Morgan fingerprint density at radius 3 is 2.33 bits per heavy atom. The molecule has 3 aromatic rings. The molecule has 1 heterocycles. The number of nitrogens with one attached hydrogen (secondary N) is 1. The largest absolute Gasteiger partial charge is 0.475 e. The number of fused-ring (bicyclic) bond motifs is 1. The van der Waals surface area contributed by atoms with E-state index in [4.69, 9.17) is 8.97 Å². The van der Waals surface area contributed by atoms with Gasteiger partial charge in [0, 0.05) is 18.8 Å². The van der Waals surface area contributed by atoms with Gasteiger partial charge in [-0.1, -0.05) is 34.3 Å². The normalized spacial score (nSPS) is 12.9. The fraction of sp³-hybridized carbons (Fsp3) is 0.300. The lowest BCUT2D eigenvalue weighted by atomic mass is 10.1. The Balaban J connectivity index is 1.62. The maximum absolute atomic E-state index is 12.7. The van der Waals surface area contributed by atoms with E-state index in [9.17, 15) is 39.6 Å². The van der Waals surface area contributed by atoms with E-state index in [1.54, 1.807) is 6.07 Å². The lowest BCUT2D eigenvalue weighted by Gasteiger charge is -2.20. The fourth-order valence-electron chi connectivity index (χ4n) is 3.00. The summed E-state index contributed by atoms with van der Waals surface area (Å²) in [5.74, 6) is -0.489. The lowest BCUT2D eigenvalue weighted by Crippen LogP contribution is -2.43. The van der Waals surface area contributed by atoms with Gasteiger partial charge in [-0.2, -0.15) is 34.8 Å². The zero-order valence-corrected chi connectivity index (χ0v) is 19.6. The predicted octanol–water partition coefficient (Wildman–Crippen LogP) is 4.88. The van der Waals surface area contributed by atoms with Crippen LogP contribution in [0.15, 0.2) is 52.1 Å². The van der Waals surface area contributed by atoms with Crippen LogP contribution in [-0.4, -0.2) is 47.6 Å². The second-order valence-corrected chi connectivity index (χ2v) is 9.51. The first-order valence-electron chi connectivity index (χ1n) is 9.95.